The van der Waals surface area contributed by atoms with Crippen LogP contribution in [0.25, 0.3) is 0 Å². The van der Waals surface area contributed by atoms with Crippen LogP contribution in [-0.2, 0) is 4.79 Å². The minimum absolute atomic E-state index is 0.0170. The summed E-state index contributed by atoms with van der Waals surface area (Å²) in [6.07, 6.45) is 0. The molecule has 0 fully saturated rings. The predicted molar refractivity (Wildman–Crippen MR) is 81.4 cm³/mol. The molecule has 0 aliphatic carbocycles. The Labute approximate surface area is 118 Å². The number of benzene rings is 2. The summed E-state index contributed by atoms with van der Waals surface area (Å²) in [6, 6.07) is 17.5. The van der Waals surface area contributed by atoms with E-state index in [0.717, 1.165) is 22.5 Å². The van der Waals surface area contributed by atoms with Crippen molar-refractivity contribution < 1.29 is 4.79 Å². The number of rotatable bonds is 1. The van der Waals surface area contributed by atoms with Crippen molar-refractivity contribution in [1.82, 2.24) is 0 Å². The van der Waals surface area contributed by atoms with Crippen molar-refractivity contribution in [3.63, 3.8) is 0 Å². The van der Waals surface area contributed by atoms with Gasteiger partial charge < -0.3 is 4.90 Å². The number of nitrogens with zero attached hydrogens (tertiary/aromatic N) is 2. The van der Waals surface area contributed by atoms with Crippen LogP contribution in [0.1, 0.15) is 18.1 Å². The van der Waals surface area contributed by atoms with Crippen molar-refractivity contribution in [2.24, 2.45) is 4.99 Å². The number of para-hydroxylation sites is 1. The van der Waals surface area contributed by atoms with Gasteiger partial charge in [-0.1, -0.05) is 48.5 Å². The van der Waals surface area contributed by atoms with Gasteiger partial charge in [-0.25, -0.2) is 0 Å². The first-order valence-corrected chi connectivity index (χ1v) is 6.68. The molecule has 0 spiro atoms. The molecule has 3 nitrogen and oxygen atoms in total. The van der Waals surface area contributed by atoms with Gasteiger partial charge in [0.25, 0.3) is 5.91 Å². The van der Waals surface area contributed by atoms with Crippen LogP contribution < -0.4 is 4.90 Å². The van der Waals surface area contributed by atoms with Crippen LogP contribution in [-0.4, -0.2) is 24.7 Å². The van der Waals surface area contributed by atoms with Gasteiger partial charge in [-0.2, -0.15) is 0 Å². The third-order valence-corrected chi connectivity index (χ3v) is 3.58. The molecule has 0 N–H and O–H groups in total. The smallest absolute Gasteiger partial charge is 0.251 e. The summed E-state index contributed by atoms with van der Waals surface area (Å²) in [5, 5.41) is 0. The normalized spacial score (nSPS) is 18.3. The summed E-state index contributed by atoms with van der Waals surface area (Å²) in [6.45, 7) is 1.84. The van der Waals surface area contributed by atoms with Crippen molar-refractivity contribution in [2.45, 2.75) is 13.0 Å². The molecule has 0 aromatic heterocycles. The number of fused-ring (bicyclic) bond motifs is 1. The summed E-state index contributed by atoms with van der Waals surface area (Å²) in [5.74, 6) is 0.0170. The lowest BCUT2D eigenvalue weighted by molar-refractivity contribution is -0.119. The molecule has 1 amide bonds. The Morgan fingerprint density at radius 1 is 1.00 bits per heavy atom. The fourth-order valence-corrected chi connectivity index (χ4v) is 2.51. The molecular weight excluding hydrogens is 248 g/mol. The number of hydrogen-bond acceptors (Lipinski definition) is 2. The molecule has 2 aromatic carbocycles. The molecule has 0 unspecified atom stereocenters. The van der Waals surface area contributed by atoms with E-state index in [-0.39, 0.29) is 11.9 Å². The van der Waals surface area contributed by atoms with Crippen LogP contribution in [0.15, 0.2) is 59.6 Å². The third-order valence-electron chi connectivity index (χ3n) is 3.58. The lowest BCUT2D eigenvalue weighted by atomic mass is 10.0. The Bertz CT molecular complexity index is 676. The first-order valence-electron chi connectivity index (χ1n) is 6.68. The fraction of sp³-hybridized carbons (Fsp3) is 0.176. The monoisotopic (exact) mass is 264 g/mol. The van der Waals surface area contributed by atoms with Gasteiger partial charge in [0, 0.05) is 18.2 Å². The molecule has 1 atom stereocenters. The zero-order valence-corrected chi connectivity index (χ0v) is 11.6. The molecule has 1 aliphatic heterocycles. The van der Waals surface area contributed by atoms with Gasteiger partial charge in [0.05, 0.1) is 11.4 Å². The maximum absolute atomic E-state index is 12.3. The zero-order valence-electron chi connectivity index (χ0n) is 11.6. The maximum Gasteiger partial charge on any atom is 0.251 e. The van der Waals surface area contributed by atoms with Crippen LogP contribution in [0.3, 0.4) is 0 Å². The summed E-state index contributed by atoms with van der Waals surface area (Å²) in [5.41, 5.74) is 3.82. The molecule has 1 heterocycles. The predicted octanol–water partition coefficient (Wildman–Crippen LogP) is 2.89. The minimum atomic E-state index is -0.373. The van der Waals surface area contributed by atoms with Gasteiger partial charge in [-0.3, -0.25) is 9.79 Å². The molecule has 20 heavy (non-hydrogen) atoms. The second-order valence-electron chi connectivity index (χ2n) is 4.93. The van der Waals surface area contributed by atoms with E-state index in [9.17, 15) is 4.79 Å². The lowest BCUT2D eigenvalue weighted by Crippen LogP contribution is -2.32. The molecule has 3 heteroatoms. The molecule has 100 valence electrons. The Hall–Kier alpha value is -2.42. The molecule has 0 bridgehead atoms. The van der Waals surface area contributed by atoms with Gasteiger partial charge in [0.2, 0.25) is 0 Å². The van der Waals surface area contributed by atoms with Crippen LogP contribution in [0.4, 0.5) is 5.69 Å². The van der Waals surface area contributed by atoms with Gasteiger partial charge in [-0.15, -0.1) is 0 Å². The standard InChI is InChI=1S/C17H16N2O/c1-12-17(20)19(2)15-11-7-6-10-14(15)16(18-12)13-8-4-3-5-9-13/h3-12H,1-2H3/t12-/m1/s1. The number of hydrogen-bond donors (Lipinski definition) is 0. The molecule has 0 radical (unpaired) electrons. The van der Waals surface area contributed by atoms with E-state index >= 15 is 0 Å². The molecule has 1 aliphatic rings. The number of carbonyl (C=O) groups is 1. The quantitative estimate of drug-likeness (QED) is 0.779. The van der Waals surface area contributed by atoms with E-state index in [2.05, 4.69) is 4.99 Å². The third kappa shape index (κ3) is 2.01. The largest absolute Gasteiger partial charge is 0.313 e. The van der Waals surface area contributed by atoms with Crippen LogP contribution in [0.2, 0.25) is 0 Å². The SMILES string of the molecule is C[C@H]1N=C(c2ccccc2)c2ccccc2N(C)C1=O. The van der Waals surface area contributed by atoms with E-state index in [1.807, 2.05) is 61.5 Å². The van der Waals surface area contributed by atoms with Crippen molar-refractivity contribution in [1.29, 1.82) is 0 Å². The van der Waals surface area contributed by atoms with E-state index in [1.54, 1.807) is 11.9 Å². The van der Waals surface area contributed by atoms with Crippen molar-refractivity contribution in [2.75, 3.05) is 11.9 Å². The fourth-order valence-electron chi connectivity index (χ4n) is 2.51. The number of benzodiazepines with no additional fused rings is 1. The Morgan fingerprint density at radius 3 is 2.40 bits per heavy atom. The lowest BCUT2D eigenvalue weighted by Gasteiger charge is -2.18. The van der Waals surface area contributed by atoms with Gasteiger partial charge >= 0.3 is 0 Å². The Balaban J connectivity index is 2.24. The molecular formula is C17H16N2O. The van der Waals surface area contributed by atoms with E-state index in [1.165, 1.54) is 0 Å². The Morgan fingerprint density at radius 2 is 1.65 bits per heavy atom. The Kier molecular flexibility index (Phi) is 3.11. The number of amides is 1. The maximum atomic E-state index is 12.3. The second-order valence-corrected chi connectivity index (χ2v) is 4.93. The highest BCUT2D eigenvalue weighted by Crippen LogP contribution is 2.27. The van der Waals surface area contributed by atoms with Crippen LogP contribution >= 0.6 is 0 Å². The minimum Gasteiger partial charge on any atom is -0.313 e. The zero-order chi connectivity index (χ0) is 14.1. The topological polar surface area (TPSA) is 32.7 Å². The summed E-state index contributed by atoms with van der Waals surface area (Å²) < 4.78 is 0. The highest BCUT2D eigenvalue weighted by atomic mass is 16.2. The highest BCUT2D eigenvalue weighted by molar-refractivity contribution is 6.19. The average Bonchev–Trinajstić information content (AvgIpc) is 2.60. The van der Waals surface area contributed by atoms with E-state index < -0.39 is 0 Å². The van der Waals surface area contributed by atoms with Crippen molar-refractivity contribution in [3.8, 4) is 0 Å². The van der Waals surface area contributed by atoms with Gasteiger partial charge in [0.15, 0.2) is 0 Å². The molecule has 0 saturated heterocycles. The molecule has 3 rings (SSSR count). The van der Waals surface area contributed by atoms with Gasteiger partial charge in [0.1, 0.15) is 6.04 Å². The average molecular weight is 264 g/mol. The van der Waals surface area contributed by atoms with Crippen LogP contribution in [0.5, 0.6) is 0 Å². The van der Waals surface area contributed by atoms with Crippen molar-refractivity contribution in [3.05, 3.63) is 65.7 Å². The first kappa shape index (κ1) is 12.6. The van der Waals surface area contributed by atoms with Crippen LogP contribution in [0, 0.1) is 0 Å². The number of likely N-dealkylation sites (N-methyl/N-ethyl adjacent to an activating group) is 1. The summed E-state index contributed by atoms with van der Waals surface area (Å²) in [7, 11) is 1.81. The van der Waals surface area contributed by atoms with E-state index in [0.29, 0.717) is 0 Å². The number of carbonyl (C=O) groups excluding carboxylic acids is 1. The van der Waals surface area contributed by atoms with Gasteiger partial charge in [-0.05, 0) is 13.0 Å². The first-order chi connectivity index (χ1) is 9.68. The highest BCUT2D eigenvalue weighted by Gasteiger charge is 2.26. The summed E-state index contributed by atoms with van der Waals surface area (Å²) >= 11 is 0. The molecule has 2 aromatic rings. The van der Waals surface area contributed by atoms with E-state index in [4.69, 9.17) is 0 Å². The molecule has 0 saturated carbocycles. The number of anilines is 1. The number of aliphatic imine (C=N–C) groups is 1. The van der Waals surface area contributed by atoms with Crippen molar-refractivity contribution >= 4 is 17.3 Å². The summed E-state index contributed by atoms with van der Waals surface area (Å²) in [4.78, 5) is 18.6. The second kappa shape index (κ2) is 4.93.